The Morgan fingerprint density at radius 1 is 0.872 bits per heavy atom. The fourth-order valence-corrected chi connectivity index (χ4v) is 4.19. The van der Waals surface area contributed by atoms with Crippen molar-refractivity contribution in [3.8, 4) is 17.2 Å². The Balaban J connectivity index is 1.27. The zero-order valence-electron chi connectivity index (χ0n) is 22.1. The van der Waals surface area contributed by atoms with Gasteiger partial charge in [0.25, 0.3) is 11.8 Å². The van der Waals surface area contributed by atoms with E-state index in [1.54, 1.807) is 56.7 Å². The van der Waals surface area contributed by atoms with Gasteiger partial charge in [-0.3, -0.25) is 9.59 Å². The number of benzene rings is 3. The average Bonchev–Trinajstić information content (AvgIpc) is 3.44. The summed E-state index contributed by atoms with van der Waals surface area (Å²) in [6, 6.07) is 19.8. The second-order valence-electron chi connectivity index (χ2n) is 8.58. The third-order valence-electron chi connectivity index (χ3n) is 5.69. The Kier molecular flexibility index (Phi) is 8.95. The van der Waals surface area contributed by atoms with Gasteiger partial charge in [0.2, 0.25) is 5.01 Å². The van der Waals surface area contributed by atoms with Crippen LogP contribution >= 0.6 is 11.3 Å². The molecule has 3 aromatic carbocycles. The fourth-order valence-electron chi connectivity index (χ4n) is 3.54. The van der Waals surface area contributed by atoms with Crippen molar-refractivity contribution in [3.05, 3.63) is 87.9 Å². The summed E-state index contributed by atoms with van der Waals surface area (Å²) >= 11 is 1.13. The van der Waals surface area contributed by atoms with Crippen molar-refractivity contribution in [2.75, 3.05) is 38.5 Å². The molecule has 0 fully saturated rings. The molecule has 202 valence electrons. The molecule has 1 aromatic heterocycles. The molecule has 0 aliphatic heterocycles. The summed E-state index contributed by atoms with van der Waals surface area (Å²) < 4.78 is 16.2. The monoisotopic (exact) mass is 547 g/mol. The number of rotatable bonds is 11. The lowest BCUT2D eigenvalue weighted by Gasteiger charge is -2.13. The highest BCUT2D eigenvalue weighted by molar-refractivity contribution is 7.13. The molecule has 11 heteroatoms. The lowest BCUT2D eigenvalue weighted by molar-refractivity contribution is 0.0950. The minimum absolute atomic E-state index is 0.143. The first kappa shape index (κ1) is 27.4. The van der Waals surface area contributed by atoms with Gasteiger partial charge in [0.15, 0.2) is 16.5 Å². The molecular weight excluding hydrogens is 518 g/mol. The second-order valence-corrected chi connectivity index (χ2v) is 9.64. The number of nitrogens with one attached hydrogen (secondary N) is 2. The molecule has 0 spiro atoms. The number of anilines is 2. The fraction of sp³-hybridized carbons (Fsp3) is 0.214. The van der Waals surface area contributed by atoms with E-state index in [1.165, 1.54) is 0 Å². The van der Waals surface area contributed by atoms with Crippen molar-refractivity contribution in [2.45, 2.75) is 13.2 Å². The molecule has 1 heterocycles. The van der Waals surface area contributed by atoms with E-state index in [-0.39, 0.29) is 17.5 Å². The van der Waals surface area contributed by atoms with E-state index in [9.17, 15) is 9.59 Å². The van der Waals surface area contributed by atoms with E-state index >= 15 is 0 Å². The maximum absolute atomic E-state index is 12.6. The molecule has 10 nitrogen and oxygen atoms in total. The minimum Gasteiger partial charge on any atom is -0.493 e. The predicted molar refractivity (Wildman–Crippen MR) is 150 cm³/mol. The number of carbonyl (C=O) groups is 2. The van der Waals surface area contributed by atoms with Crippen LogP contribution in [0.15, 0.2) is 66.7 Å². The second kappa shape index (κ2) is 12.7. The third kappa shape index (κ3) is 7.23. The zero-order valence-corrected chi connectivity index (χ0v) is 22.9. The number of carbonyl (C=O) groups excluding carboxylic acids is 2. The molecule has 0 saturated heterocycles. The average molecular weight is 548 g/mol. The van der Waals surface area contributed by atoms with Gasteiger partial charge in [0, 0.05) is 43.6 Å². The predicted octanol–water partition coefficient (Wildman–Crippen LogP) is 4.38. The van der Waals surface area contributed by atoms with E-state index in [1.807, 2.05) is 43.3 Å². The van der Waals surface area contributed by atoms with Gasteiger partial charge in [-0.25, -0.2) is 0 Å². The van der Waals surface area contributed by atoms with Crippen LogP contribution in [0.3, 0.4) is 0 Å². The maximum atomic E-state index is 12.6. The summed E-state index contributed by atoms with van der Waals surface area (Å²) in [6.45, 7) is 0.560. The van der Waals surface area contributed by atoms with E-state index in [0.717, 1.165) is 22.6 Å². The van der Waals surface area contributed by atoms with Crippen LogP contribution < -0.4 is 29.7 Å². The smallest absolute Gasteiger partial charge is 0.286 e. The molecule has 0 aliphatic carbocycles. The van der Waals surface area contributed by atoms with Crippen LogP contribution in [0, 0.1) is 0 Å². The molecule has 0 aliphatic rings. The highest BCUT2D eigenvalue weighted by atomic mass is 32.1. The van der Waals surface area contributed by atoms with Crippen molar-refractivity contribution in [1.29, 1.82) is 0 Å². The highest BCUT2D eigenvalue weighted by Crippen LogP contribution is 2.31. The first-order chi connectivity index (χ1) is 18.9. The van der Waals surface area contributed by atoms with Crippen LogP contribution in [0.1, 0.15) is 30.7 Å². The number of ether oxygens (including phenoxy) is 3. The van der Waals surface area contributed by atoms with Crippen LogP contribution in [0.2, 0.25) is 0 Å². The molecule has 39 heavy (non-hydrogen) atoms. The van der Waals surface area contributed by atoms with Gasteiger partial charge < -0.3 is 29.7 Å². The van der Waals surface area contributed by atoms with Crippen molar-refractivity contribution >= 4 is 34.5 Å². The lowest BCUT2D eigenvalue weighted by atomic mass is 10.1. The third-order valence-corrected chi connectivity index (χ3v) is 6.58. The molecule has 0 atom stereocenters. The molecule has 4 aromatic rings. The minimum atomic E-state index is -0.400. The maximum Gasteiger partial charge on any atom is 0.286 e. The Hall–Kier alpha value is -4.64. The number of hydrogen-bond acceptors (Lipinski definition) is 9. The summed E-state index contributed by atoms with van der Waals surface area (Å²) in [5, 5.41) is 14.4. The van der Waals surface area contributed by atoms with Crippen molar-refractivity contribution in [2.24, 2.45) is 0 Å². The molecule has 2 N–H and O–H groups in total. The van der Waals surface area contributed by atoms with Gasteiger partial charge in [0.05, 0.1) is 14.2 Å². The molecule has 0 radical (unpaired) electrons. The van der Waals surface area contributed by atoms with E-state index in [2.05, 4.69) is 20.8 Å². The number of hydrogen-bond donors (Lipinski definition) is 2. The van der Waals surface area contributed by atoms with Gasteiger partial charge in [0.1, 0.15) is 12.4 Å². The van der Waals surface area contributed by atoms with Crippen molar-refractivity contribution in [3.63, 3.8) is 0 Å². The van der Waals surface area contributed by atoms with Gasteiger partial charge in [-0.2, -0.15) is 0 Å². The molecule has 0 saturated carbocycles. The molecular formula is C28H29N5O5S. The summed E-state index contributed by atoms with van der Waals surface area (Å²) in [7, 11) is 7.07. The first-order valence-corrected chi connectivity index (χ1v) is 12.8. The van der Waals surface area contributed by atoms with Gasteiger partial charge in [-0.15, -0.1) is 10.2 Å². The van der Waals surface area contributed by atoms with Crippen LogP contribution in [0.4, 0.5) is 11.4 Å². The highest BCUT2D eigenvalue weighted by Gasteiger charge is 2.15. The van der Waals surface area contributed by atoms with Crippen LogP contribution in [-0.4, -0.2) is 50.3 Å². The number of methoxy groups -OCH3 is 2. The Morgan fingerprint density at radius 3 is 2.26 bits per heavy atom. The molecule has 2 amide bonds. The normalized spacial score (nSPS) is 10.5. The Labute approximate surface area is 230 Å². The first-order valence-electron chi connectivity index (χ1n) is 12.0. The summed E-state index contributed by atoms with van der Waals surface area (Å²) in [6.07, 6.45) is 0. The molecule has 0 unspecified atom stereocenters. The summed E-state index contributed by atoms with van der Waals surface area (Å²) in [4.78, 5) is 27.2. The van der Waals surface area contributed by atoms with Crippen LogP contribution in [-0.2, 0) is 13.2 Å². The number of aromatic nitrogens is 2. The van der Waals surface area contributed by atoms with Gasteiger partial charge in [-0.05, 0) is 54.1 Å². The van der Waals surface area contributed by atoms with E-state index in [4.69, 9.17) is 14.2 Å². The largest absolute Gasteiger partial charge is 0.493 e. The summed E-state index contributed by atoms with van der Waals surface area (Å²) in [5.74, 6) is 1.11. The standard InChI is InChI=1S/C28H29N5O5S/c1-33(2)21-11-5-18(6-12-21)16-29-26(34)19-7-9-20(10-8-19)30-27(35)28-32-31-25(39-28)17-38-22-13-14-23(36-3)24(15-22)37-4/h5-15H,16-17H2,1-4H3,(H,29,34)(H,30,35). The van der Waals surface area contributed by atoms with E-state index in [0.29, 0.717) is 40.1 Å². The van der Waals surface area contributed by atoms with Crippen molar-refractivity contribution in [1.82, 2.24) is 15.5 Å². The lowest BCUT2D eigenvalue weighted by Crippen LogP contribution is -2.22. The van der Waals surface area contributed by atoms with Gasteiger partial charge in [-0.1, -0.05) is 23.5 Å². The van der Waals surface area contributed by atoms with Crippen molar-refractivity contribution < 1.29 is 23.8 Å². The zero-order chi connectivity index (χ0) is 27.8. The summed E-state index contributed by atoms with van der Waals surface area (Å²) in [5.41, 5.74) is 3.12. The SMILES string of the molecule is COc1ccc(OCc2nnc(C(=O)Nc3ccc(C(=O)NCc4ccc(N(C)C)cc4)cc3)s2)cc1OC. The molecule has 4 rings (SSSR count). The Bertz CT molecular complexity index is 1420. The number of nitrogens with zero attached hydrogens (tertiary/aromatic N) is 3. The topological polar surface area (TPSA) is 115 Å². The van der Waals surface area contributed by atoms with Crippen LogP contribution in [0.5, 0.6) is 17.2 Å². The molecule has 0 bridgehead atoms. The Morgan fingerprint density at radius 2 is 1.59 bits per heavy atom. The van der Waals surface area contributed by atoms with E-state index < -0.39 is 5.91 Å². The quantitative estimate of drug-likeness (QED) is 0.284. The van der Waals surface area contributed by atoms with Crippen LogP contribution in [0.25, 0.3) is 0 Å². The number of amides is 2. The van der Waals surface area contributed by atoms with Gasteiger partial charge >= 0.3 is 0 Å².